The van der Waals surface area contributed by atoms with Gasteiger partial charge in [-0.15, -0.1) is 11.3 Å². The molecule has 0 aliphatic carbocycles. The lowest BCUT2D eigenvalue weighted by Gasteiger charge is -2.16. The van der Waals surface area contributed by atoms with E-state index in [9.17, 15) is 9.59 Å². The van der Waals surface area contributed by atoms with Crippen LogP contribution in [0.5, 0.6) is 0 Å². The third-order valence-corrected chi connectivity index (χ3v) is 4.16. The molecule has 0 bridgehead atoms. The number of hydrogen-bond acceptors (Lipinski definition) is 4. The molecule has 0 saturated heterocycles. The van der Waals surface area contributed by atoms with Gasteiger partial charge < -0.3 is 15.4 Å². The van der Waals surface area contributed by atoms with Gasteiger partial charge in [0.15, 0.2) is 0 Å². The first-order valence-electron chi connectivity index (χ1n) is 7.32. The van der Waals surface area contributed by atoms with Crippen LogP contribution >= 0.6 is 11.3 Å². The first-order chi connectivity index (χ1) is 10.2. The van der Waals surface area contributed by atoms with Gasteiger partial charge in [-0.25, -0.2) is 4.79 Å². The van der Waals surface area contributed by atoms with Gasteiger partial charge in [0.25, 0.3) is 0 Å². The Kier molecular flexibility index (Phi) is 8.50. The van der Waals surface area contributed by atoms with E-state index >= 15 is 0 Å². The average Bonchev–Trinajstić information content (AvgIpc) is 3.02. The van der Waals surface area contributed by atoms with Gasteiger partial charge in [-0.3, -0.25) is 4.79 Å². The molecule has 1 aromatic heterocycles. The van der Waals surface area contributed by atoms with Gasteiger partial charge in [0.1, 0.15) is 0 Å². The number of thiophene rings is 1. The van der Waals surface area contributed by atoms with Gasteiger partial charge in [0.2, 0.25) is 0 Å². The van der Waals surface area contributed by atoms with E-state index in [1.165, 1.54) is 12.0 Å². The van der Waals surface area contributed by atoms with Crippen LogP contribution in [0.15, 0.2) is 17.5 Å². The van der Waals surface area contributed by atoms with Crippen LogP contribution in [0.3, 0.4) is 0 Å². The molecular formula is C15H24N2O3S. The predicted molar refractivity (Wildman–Crippen MR) is 84.4 cm³/mol. The van der Waals surface area contributed by atoms with Gasteiger partial charge >= 0.3 is 12.0 Å². The van der Waals surface area contributed by atoms with E-state index in [1.54, 1.807) is 11.3 Å². The molecule has 0 fully saturated rings. The van der Waals surface area contributed by atoms with Crippen molar-refractivity contribution in [3.63, 3.8) is 0 Å². The molecule has 1 atom stereocenters. The van der Waals surface area contributed by atoms with E-state index in [-0.39, 0.29) is 18.0 Å². The van der Waals surface area contributed by atoms with Crippen LogP contribution < -0.4 is 10.6 Å². The van der Waals surface area contributed by atoms with E-state index in [1.807, 2.05) is 17.5 Å². The molecule has 0 spiro atoms. The Labute approximate surface area is 130 Å². The molecule has 0 aliphatic rings. The van der Waals surface area contributed by atoms with Crippen molar-refractivity contribution in [2.75, 3.05) is 13.7 Å². The number of nitrogens with one attached hydrogen (secondary N) is 2. The van der Waals surface area contributed by atoms with Crippen LogP contribution in [0.25, 0.3) is 0 Å². The Morgan fingerprint density at radius 1 is 1.33 bits per heavy atom. The van der Waals surface area contributed by atoms with Crippen LogP contribution in [0.1, 0.15) is 49.9 Å². The van der Waals surface area contributed by atoms with Crippen LogP contribution in [0, 0.1) is 0 Å². The summed E-state index contributed by atoms with van der Waals surface area (Å²) in [6.45, 7) is 2.67. The van der Waals surface area contributed by atoms with E-state index in [4.69, 9.17) is 0 Å². The molecule has 2 amide bonds. The van der Waals surface area contributed by atoms with Crippen molar-refractivity contribution in [3.05, 3.63) is 22.4 Å². The molecule has 2 N–H and O–H groups in total. The van der Waals surface area contributed by atoms with Crippen LogP contribution in [-0.4, -0.2) is 25.7 Å². The zero-order valence-electron chi connectivity index (χ0n) is 12.7. The molecule has 0 aliphatic heterocycles. The fraction of sp³-hybridized carbons (Fsp3) is 0.600. The van der Waals surface area contributed by atoms with Crippen molar-refractivity contribution in [1.29, 1.82) is 0 Å². The minimum Gasteiger partial charge on any atom is -0.469 e. The maximum Gasteiger partial charge on any atom is 0.315 e. The molecule has 1 heterocycles. The highest BCUT2D eigenvalue weighted by Gasteiger charge is 2.12. The summed E-state index contributed by atoms with van der Waals surface area (Å²) in [5, 5.41) is 7.84. The molecule has 6 heteroatoms. The normalized spacial score (nSPS) is 11.7. The number of carbonyl (C=O) groups excluding carboxylic acids is 2. The summed E-state index contributed by atoms with van der Waals surface area (Å²) in [6, 6.07) is 3.96. The molecule has 0 radical (unpaired) electrons. The Hall–Kier alpha value is -1.56. The Morgan fingerprint density at radius 2 is 2.14 bits per heavy atom. The summed E-state index contributed by atoms with van der Waals surface area (Å²) in [5.41, 5.74) is 0. The van der Waals surface area contributed by atoms with Gasteiger partial charge in [0, 0.05) is 17.8 Å². The minimum absolute atomic E-state index is 0.0734. The zero-order chi connectivity index (χ0) is 15.5. The maximum absolute atomic E-state index is 11.8. The highest BCUT2D eigenvalue weighted by Crippen LogP contribution is 2.21. The van der Waals surface area contributed by atoms with Gasteiger partial charge in [-0.2, -0.15) is 0 Å². The minimum atomic E-state index is -0.178. The Bertz CT molecular complexity index is 421. The molecule has 118 valence electrons. The summed E-state index contributed by atoms with van der Waals surface area (Å²) >= 11 is 1.65. The SMILES string of the molecule is CCC(NC(=O)NCCCCCC(=O)OC)c1cccs1. The number of urea groups is 1. The quantitative estimate of drug-likeness (QED) is 0.543. The van der Waals surface area contributed by atoms with E-state index in [0.717, 1.165) is 25.7 Å². The largest absolute Gasteiger partial charge is 0.469 e. The molecule has 0 saturated carbocycles. The fourth-order valence-corrected chi connectivity index (χ4v) is 2.81. The summed E-state index contributed by atoms with van der Waals surface area (Å²) in [7, 11) is 1.39. The third kappa shape index (κ3) is 7.13. The number of unbranched alkanes of at least 4 members (excludes halogenated alkanes) is 2. The molecule has 0 aromatic carbocycles. The topological polar surface area (TPSA) is 67.4 Å². The maximum atomic E-state index is 11.8. The zero-order valence-corrected chi connectivity index (χ0v) is 13.5. The second-order valence-corrected chi connectivity index (χ2v) is 5.74. The average molecular weight is 312 g/mol. The number of methoxy groups -OCH3 is 1. The molecule has 1 unspecified atom stereocenters. The Balaban J connectivity index is 2.12. The van der Waals surface area contributed by atoms with E-state index in [0.29, 0.717) is 13.0 Å². The number of amides is 2. The van der Waals surface area contributed by atoms with Crippen LogP contribution in [0.4, 0.5) is 4.79 Å². The van der Waals surface area contributed by atoms with Gasteiger partial charge in [-0.05, 0) is 30.7 Å². The molecular weight excluding hydrogens is 288 g/mol. The van der Waals surface area contributed by atoms with Crippen molar-refractivity contribution in [1.82, 2.24) is 10.6 Å². The monoisotopic (exact) mass is 312 g/mol. The van der Waals surface area contributed by atoms with E-state index in [2.05, 4.69) is 22.3 Å². The van der Waals surface area contributed by atoms with Crippen molar-refractivity contribution in [2.24, 2.45) is 0 Å². The molecule has 1 rings (SSSR count). The fourth-order valence-electron chi connectivity index (χ4n) is 1.95. The first kappa shape index (κ1) is 17.5. The van der Waals surface area contributed by atoms with Crippen molar-refractivity contribution >= 4 is 23.3 Å². The highest BCUT2D eigenvalue weighted by molar-refractivity contribution is 7.10. The predicted octanol–water partition coefficient (Wildman–Crippen LogP) is 3.23. The second-order valence-electron chi connectivity index (χ2n) is 4.76. The molecule has 5 nitrogen and oxygen atoms in total. The third-order valence-electron chi connectivity index (χ3n) is 3.17. The smallest absolute Gasteiger partial charge is 0.315 e. The summed E-state index contributed by atoms with van der Waals surface area (Å²) in [4.78, 5) is 23.9. The van der Waals surface area contributed by atoms with Gasteiger partial charge in [-0.1, -0.05) is 19.4 Å². The molecule has 1 aromatic rings. The number of rotatable bonds is 9. The lowest BCUT2D eigenvalue weighted by molar-refractivity contribution is -0.140. The van der Waals surface area contributed by atoms with Crippen molar-refractivity contribution in [3.8, 4) is 0 Å². The standard InChI is InChI=1S/C15H24N2O3S/c1-3-12(13-8-7-11-21-13)17-15(19)16-10-6-4-5-9-14(18)20-2/h7-8,11-12H,3-6,9-10H2,1-2H3,(H2,16,17,19). The summed E-state index contributed by atoms with van der Waals surface area (Å²) in [5.74, 6) is -0.178. The second kappa shape index (κ2) is 10.2. The van der Waals surface area contributed by atoms with Crippen molar-refractivity contribution < 1.29 is 14.3 Å². The van der Waals surface area contributed by atoms with Gasteiger partial charge in [0.05, 0.1) is 13.2 Å². The number of hydrogen-bond donors (Lipinski definition) is 2. The van der Waals surface area contributed by atoms with Crippen molar-refractivity contribution in [2.45, 2.75) is 45.1 Å². The summed E-state index contributed by atoms with van der Waals surface area (Å²) in [6.07, 6.45) is 3.87. The Morgan fingerprint density at radius 3 is 2.76 bits per heavy atom. The number of carbonyl (C=O) groups is 2. The highest BCUT2D eigenvalue weighted by atomic mass is 32.1. The number of esters is 1. The van der Waals surface area contributed by atoms with E-state index < -0.39 is 0 Å². The van der Waals surface area contributed by atoms with Crippen LogP contribution in [0.2, 0.25) is 0 Å². The number of ether oxygens (including phenoxy) is 1. The first-order valence-corrected chi connectivity index (χ1v) is 8.20. The summed E-state index contributed by atoms with van der Waals surface area (Å²) < 4.78 is 4.57. The molecule has 21 heavy (non-hydrogen) atoms. The lowest BCUT2D eigenvalue weighted by Crippen LogP contribution is -2.38. The van der Waals surface area contributed by atoms with Crippen LogP contribution in [-0.2, 0) is 9.53 Å². The lowest BCUT2D eigenvalue weighted by atomic mass is 10.2.